The first-order valence-corrected chi connectivity index (χ1v) is 8.39. The lowest BCUT2D eigenvalue weighted by Gasteiger charge is -2.34. The van der Waals surface area contributed by atoms with Crippen LogP contribution in [0, 0.1) is 17.8 Å². The van der Waals surface area contributed by atoms with Crippen molar-refractivity contribution in [1.29, 1.82) is 0 Å². The van der Waals surface area contributed by atoms with E-state index in [0.717, 1.165) is 30.8 Å². The second-order valence-electron chi connectivity index (χ2n) is 6.99. The molecule has 1 rings (SSSR count). The van der Waals surface area contributed by atoms with E-state index >= 15 is 0 Å². The average Bonchev–Trinajstić information content (AvgIpc) is 2.33. The molecule has 0 saturated heterocycles. The number of hydrogen-bond acceptors (Lipinski definition) is 2. The van der Waals surface area contributed by atoms with Crippen LogP contribution in [0.1, 0.15) is 66.7 Å². The Morgan fingerprint density at radius 2 is 1.84 bits per heavy atom. The topological polar surface area (TPSA) is 21.3 Å². The first-order chi connectivity index (χ1) is 9.02. The molecule has 0 spiro atoms. The number of hydrogen-bond donors (Lipinski definition) is 1. The summed E-state index contributed by atoms with van der Waals surface area (Å²) in [6.07, 6.45) is 7.17. The van der Waals surface area contributed by atoms with Gasteiger partial charge in [-0.2, -0.15) is 0 Å². The van der Waals surface area contributed by atoms with Gasteiger partial charge in [0.2, 0.25) is 0 Å². The first-order valence-electron chi connectivity index (χ1n) is 8.39. The van der Waals surface area contributed by atoms with Gasteiger partial charge in [0.1, 0.15) is 0 Å². The predicted molar refractivity (Wildman–Crippen MR) is 83.5 cm³/mol. The summed E-state index contributed by atoms with van der Waals surface area (Å²) in [5.74, 6) is 2.42. The van der Waals surface area contributed by atoms with Crippen molar-refractivity contribution in [1.82, 2.24) is 5.32 Å². The molecule has 1 saturated carbocycles. The van der Waals surface area contributed by atoms with Gasteiger partial charge in [-0.1, -0.05) is 41.0 Å². The summed E-state index contributed by atoms with van der Waals surface area (Å²) in [7, 11) is 0. The van der Waals surface area contributed by atoms with Gasteiger partial charge in [-0.15, -0.1) is 0 Å². The molecule has 19 heavy (non-hydrogen) atoms. The molecule has 1 N–H and O–H groups in total. The molecule has 0 aromatic rings. The third kappa shape index (κ3) is 6.76. The van der Waals surface area contributed by atoms with Gasteiger partial charge in [-0.25, -0.2) is 0 Å². The SMILES string of the molecule is CCCC(CNCC(C)C)OC1CCC(C)C(C)C1. The normalized spacial score (nSPS) is 29.7. The summed E-state index contributed by atoms with van der Waals surface area (Å²) >= 11 is 0. The van der Waals surface area contributed by atoms with Crippen molar-refractivity contribution < 1.29 is 4.74 Å². The van der Waals surface area contributed by atoms with Crippen LogP contribution in [0.2, 0.25) is 0 Å². The van der Waals surface area contributed by atoms with Gasteiger partial charge >= 0.3 is 0 Å². The Labute approximate surface area is 120 Å². The van der Waals surface area contributed by atoms with Gasteiger partial charge in [0, 0.05) is 6.54 Å². The largest absolute Gasteiger partial charge is 0.374 e. The van der Waals surface area contributed by atoms with Crippen molar-refractivity contribution in [2.24, 2.45) is 17.8 Å². The van der Waals surface area contributed by atoms with Crippen LogP contribution in [0.4, 0.5) is 0 Å². The highest BCUT2D eigenvalue weighted by Gasteiger charge is 2.26. The Bertz CT molecular complexity index is 229. The zero-order valence-electron chi connectivity index (χ0n) is 13.7. The van der Waals surface area contributed by atoms with Crippen molar-refractivity contribution in [3.8, 4) is 0 Å². The molecular weight excluding hydrogens is 234 g/mol. The number of nitrogens with one attached hydrogen (secondary N) is 1. The van der Waals surface area contributed by atoms with E-state index in [4.69, 9.17) is 4.74 Å². The van der Waals surface area contributed by atoms with Gasteiger partial charge in [0.05, 0.1) is 12.2 Å². The predicted octanol–water partition coefficient (Wildman–Crippen LogP) is 4.24. The summed E-state index contributed by atoms with van der Waals surface area (Å²) in [4.78, 5) is 0. The molecule has 0 aliphatic heterocycles. The zero-order chi connectivity index (χ0) is 14.3. The fourth-order valence-electron chi connectivity index (χ4n) is 2.97. The molecule has 114 valence electrons. The molecule has 4 unspecified atom stereocenters. The highest BCUT2D eigenvalue weighted by atomic mass is 16.5. The lowest BCUT2D eigenvalue weighted by Crippen LogP contribution is -2.36. The summed E-state index contributed by atoms with van der Waals surface area (Å²) in [5, 5.41) is 3.55. The van der Waals surface area contributed by atoms with Crippen LogP contribution in [0.25, 0.3) is 0 Å². The van der Waals surface area contributed by atoms with Crippen molar-refractivity contribution in [2.75, 3.05) is 13.1 Å². The molecule has 1 aliphatic rings. The second-order valence-corrected chi connectivity index (χ2v) is 6.99. The summed E-state index contributed by atoms with van der Waals surface area (Å²) in [5.41, 5.74) is 0. The minimum atomic E-state index is 0.411. The third-order valence-corrected chi connectivity index (χ3v) is 4.47. The van der Waals surface area contributed by atoms with Crippen molar-refractivity contribution in [3.63, 3.8) is 0 Å². The minimum absolute atomic E-state index is 0.411. The maximum atomic E-state index is 6.37. The van der Waals surface area contributed by atoms with E-state index in [9.17, 15) is 0 Å². The Balaban J connectivity index is 2.31. The molecule has 4 atom stereocenters. The van der Waals surface area contributed by atoms with E-state index in [-0.39, 0.29) is 0 Å². The van der Waals surface area contributed by atoms with Crippen molar-refractivity contribution >= 4 is 0 Å². The maximum absolute atomic E-state index is 6.37. The van der Waals surface area contributed by atoms with Gasteiger partial charge in [0.25, 0.3) is 0 Å². The Morgan fingerprint density at radius 1 is 1.11 bits per heavy atom. The fourth-order valence-corrected chi connectivity index (χ4v) is 2.97. The molecule has 0 bridgehead atoms. The second kappa shape index (κ2) is 8.97. The standard InChI is InChI=1S/C17H35NO/c1-6-7-17(12-18-11-13(2)3)19-16-9-8-14(4)15(5)10-16/h13-18H,6-12H2,1-5H3. The molecule has 0 aromatic heterocycles. The van der Waals surface area contributed by atoms with Crippen molar-refractivity contribution in [2.45, 2.75) is 78.9 Å². The van der Waals surface area contributed by atoms with Crippen LogP contribution in [0.5, 0.6) is 0 Å². The smallest absolute Gasteiger partial charge is 0.0703 e. The molecule has 0 aromatic carbocycles. The Morgan fingerprint density at radius 3 is 2.42 bits per heavy atom. The van der Waals surface area contributed by atoms with Crippen LogP contribution in [-0.2, 0) is 4.74 Å². The summed E-state index contributed by atoms with van der Waals surface area (Å²) in [6.45, 7) is 13.7. The van der Waals surface area contributed by atoms with Gasteiger partial charge in [0.15, 0.2) is 0 Å². The molecule has 0 heterocycles. The monoisotopic (exact) mass is 269 g/mol. The van der Waals surface area contributed by atoms with E-state index in [2.05, 4.69) is 39.9 Å². The van der Waals surface area contributed by atoms with Crippen molar-refractivity contribution in [3.05, 3.63) is 0 Å². The Hall–Kier alpha value is -0.0800. The minimum Gasteiger partial charge on any atom is -0.374 e. The highest BCUT2D eigenvalue weighted by molar-refractivity contribution is 4.77. The van der Waals surface area contributed by atoms with E-state index in [1.807, 2.05) is 0 Å². The molecule has 1 aliphatic carbocycles. The van der Waals surface area contributed by atoms with Gasteiger partial charge in [-0.3, -0.25) is 0 Å². The Kier molecular flexibility index (Phi) is 8.01. The molecule has 2 nitrogen and oxygen atoms in total. The van der Waals surface area contributed by atoms with Crippen LogP contribution < -0.4 is 5.32 Å². The zero-order valence-corrected chi connectivity index (χ0v) is 13.7. The maximum Gasteiger partial charge on any atom is 0.0703 e. The quantitative estimate of drug-likeness (QED) is 0.711. The van der Waals surface area contributed by atoms with Crippen LogP contribution in [0.15, 0.2) is 0 Å². The molecule has 2 heteroatoms. The summed E-state index contributed by atoms with van der Waals surface area (Å²) < 4.78 is 6.37. The molecular formula is C17H35NO. The summed E-state index contributed by atoms with van der Waals surface area (Å²) in [6, 6.07) is 0. The molecule has 0 amide bonds. The third-order valence-electron chi connectivity index (χ3n) is 4.47. The van der Waals surface area contributed by atoms with E-state index in [1.165, 1.54) is 32.1 Å². The fraction of sp³-hybridized carbons (Fsp3) is 1.00. The van der Waals surface area contributed by atoms with Gasteiger partial charge in [-0.05, 0) is 50.0 Å². The lowest BCUT2D eigenvalue weighted by atomic mass is 9.80. The number of ether oxygens (including phenoxy) is 1. The lowest BCUT2D eigenvalue weighted by molar-refractivity contribution is -0.0495. The first kappa shape index (κ1) is 17.0. The molecule has 0 radical (unpaired) electrons. The van der Waals surface area contributed by atoms with E-state index in [0.29, 0.717) is 12.2 Å². The van der Waals surface area contributed by atoms with Crippen LogP contribution >= 0.6 is 0 Å². The highest BCUT2D eigenvalue weighted by Crippen LogP contribution is 2.31. The van der Waals surface area contributed by atoms with Crippen LogP contribution in [0.3, 0.4) is 0 Å². The molecule has 1 fully saturated rings. The van der Waals surface area contributed by atoms with E-state index in [1.54, 1.807) is 0 Å². The van der Waals surface area contributed by atoms with Gasteiger partial charge < -0.3 is 10.1 Å². The van der Waals surface area contributed by atoms with Crippen LogP contribution in [-0.4, -0.2) is 25.3 Å². The average molecular weight is 269 g/mol. The van der Waals surface area contributed by atoms with E-state index < -0.39 is 0 Å². The number of rotatable bonds is 8.